The number of alkyl halides is 4. The molecule has 1 aromatic carbocycles. The summed E-state index contributed by atoms with van der Waals surface area (Å²) < 4.78 is 65.8. The largest absolute Gasteiger partial charge is 0.364 e. The van der Waals surface area contributed by atoms with E-state index < -0.39 is 60.1 Å². The molecular formula is C37H41F4N11O4. The van der Waals surface area contributed by atoms with Crippen LogP contribution in [0, 0.1) is 5.92 Å². The first-order chi connectivity index (χ1) is 26.8. The van der Waals surface area contributed by atoms with Crippen LogP contribution in [0.2, 0.25) is 0 Å². The van der Waals surface area contributed by atoms with Gasteiger partial charge in [0.1, 0.15) is 11.6 Å². The van der Waals surface area contributed by atoms with Gasteiger partial charge in [0, 0.05) is 45.1 Å². The number of nitrogens with zero attached hydrogens (tertiary/aromatic N) is 9. The van der Waals surface area contributed by atoms with Crippen LogP contribution in [-0.2, 0) is 16.6 Å². The fourth-order valence-corrected chi connectivity index (χ4v) is 8.73. The molecule has 5 aromatic rings. The number of imidazole rings is 1. The minimum atomic E-state index is -3.10. The van der Waals surface area contributed by atoms with Crippen LogP contribution in [0.25, 0.3) is 16.7 Å². The summed E-state index contributed by atoms with van der Waals surface area (Å²) in [6.07, 6.45) is 5.92. The summed E-state index contributed by atoms with van der Waals surface area (Å²) in [7, 11) is 3.26. The Morgan fingerprint density at radius 1 is 1.09 bits per heavy atom. The van der Waals surface area contributed by atoms with Crippen LogP contribution in [0.15, 0.2) is 53.8 Å². The summed E-state index contributed by atoms with van der Waals surface area (Å²) >= 11 is 0. The molecule has 8 rings (SSSR count). The first kappa shape index (κ1) is 37.3. The molecule has 1 unspecified atom stereocenters. The van der Waals surface area contributed by atoms with E-state index in [0.717, 1.165) is 0 Å². The Labute approximate surface area is 317 Å². The Hall–Kier alpha value is -5.59. The molecule has 2 N–H and O–H groups in total. The number of hydrogen-bond donors (Lipinski definition) is 2. The Kier molecular flexibility index (Phi) is 9.66. The molecule has 1 saturated carbocycles. The van der Waals surface area contributed by atoms with Gasteiger partial charge in [0.15, 0.2) is 11.3 Å². The number of halogens is 4. The van der Waals surface area contributed by atoms with Crippen molar-refractivity contribution in [3.8, 4) is 0 Å². The first-order valence-corrected chi connectivity index (χ1v) is 18.6. The van der Waals surface area contributed by atoms with Gasteiger partial charge in [0.05, 0.1) is 47.2 Å². The molecule has 0 spiro atoms. The van der Waals surface area contributed by atoms with Crippen LogP contribution in [0.1, 0.15) is 79.5 Å². The number of fused-ring (bicyclic) bond motifs is 2. The Morgan fingerprint density at radius 2 is 1.88 bits per heavy atom. The molecule has 2 atom stereocenters. The van der Waals surface area contributed by atoms with E-state index in [1.165, 1.54) is 36.9 Å². The van der Waals surface area contributed by atoms with Crippen LogP contribution in [-0.4, -0.2) is 94.8 Å². The normalized spacial score (nSPS) is 23.0. The quantitative estimate of drug-likeness (QED) is 0.164. The lowest BCUT2D eigenvalue weighted by atomic mass is 9.85. The third-order valence-electron chi connectivity index (χ3n) is 11.5. The Balaban J connectivity index is 0.903. The van der Waals surface area contributed by atoms with E-state index in [-0.39, 0.29) is 48.1 Å². The van der Waals surface area contributed by atoms with E-state index in [0.29, 0.717) is 55.5 Å². The number of rotatable bonds is 9. The van der Waals surface area contributed by atoms with Crippen molar-refractivity contribution in [2.24, 2.45) is 13.0 Å². The number of para-hydroxylation sites is 1. The lowest BCUT2D eigenvalue weighted by Gasteiger charge is -2.44. The van der Waals surface area contributed by atoms with Crippen molar-refractivity contribution in [3.63, 3.8) is 0 Å². The van der Waals surface area contributed by atoms with Gasteiger partial charge in [-0.05, 0) is 69.7 Å². The lowest BCUT2D eigenvalue weighted by molar-refractivity contribution is -0.135. The molecule has 2 saturated heterocycles. The highest BCUT2D eigenvalue weighted by molar-refractivity contribution is 6.08. The van der Waals surface area contributed by atoms with E-state index >= 15 is 8.78 Å². The molecule has 19 heteroatoms. The van der Waals surface area contributed by atoms with Crippen LogP contribution in [0.4, 0.5) is 28.9 Å². The molecule has 3 fully saturated rings. The summed E-state index contributed by atoms with van der Waals surface area (Å²) in [4.78, 5) is 58.3. The van der Waals surface area contributed by atoms with Crippen molar-refractivity contribution in [1.29, 1.82) is 0 Å². The van der Waals surface area contributed by atoms with Gasteiger partial charge in [0.25, 0.3) is 18.3 Å². The fraction of sp³-hybridized carbons (Fsp3) is 0.486. The number of imide groups is 1. The minimum Gasteiger partial charge on any atom is -0.364 e. The second-order valence-corrected chi connectivity index (χ2v) is 15.0. The monoisotopic (exact) mass is 779 g/mol. The van der Waals surface area contributed by atoms with Crippen LogP contribution >= 0.6 is 0 Å². The maximum Gasteiger partial charge on any atom is 0.329 e. The SMILES string of the molecule is CN(CC1CCC(n2cc(NC(=O)c3cnn4cccnc34)c(C(F)F)n2)CC1)[C@@H]1CCN(c2cccc3c2n(C)c(=O)n3C2CCC(=O)NC2=O)CC1(F)F. The Morgan fingerprint density at radius 3 is 2.61 bits per heavy atom. The van der Waals surface area contributed by atoms with Crippen molar-refractivity contribution in [3.05, 3.63) is 70.8 Å². The van der Waals surface area contributed by atoms with Crippen molar-refractivity contribution >= 4 is 45.8 Å². The molecule has 3 amide bonds. The fourth-order valence-electron chi connectivity index (χ4n) is 8.73. The number of hydrogen-bond acceptors (Lipinski definition) is 9. The lowest BCUT2D eigenvalue weighted by Crippen LogP contribution is -2.58. The maximum absolute atomic E-state index is 16.1. The zero-order chi connectivity index (χ0) is 39.5. The summed E-state index contributed by atoms with van der Waals surface area (Å²) in [5, 5.41) is 13.1. The van der Waals surface area contributed by atoms with Gasteiger partial charge in [-0.3, -0.25) is 38.4 Å². The van der Waals surface area contributed by atoms with Crippen LogP contribution in [0.3, 0.4) is 0 Å². The second kappa shape index (κ2) is 14.5. The number of piperidine rings is 2. The number of benzene rings is 1. The third-order valence-corrected chi connectivity index (χ3v) is 11.5. The van der Waals surface area contributed by atoms with E-state index in [1.807, 2.05) is 0 Å². The summed E-state index contributed by atoms with van der Waals surface area (Å²) in [5.74, 6) is -4.60. The Bertz CT molecular complexity index is 2380. The molecule has 0 radical (unpaired) electrons. The standard InChI is InChI=1S/C37H41F4N11O4/c1-47(18-21-7-9-22(10-8-21)51-19-24(30(46-51)32(38)39)44-34(54)23-17-43-50-15-4-14-42-33(23)50)28-13-16-49(20-37(28,40)41)25-5-3-6-26-31(25)48(2)36(56)52(26)27-11-12-29(53)45-35(27)55/h3-6,14-15,17,19,21-22,27-28,32H,7-13,16,18,20H2,1-2H3,(H,44,54)(H,45,53,55)/t21?,22?,27?,28-/m1/s1. The predicted octanol–water partition coefficient (Wildman–Crippen LogP) is 4.32. The van der Waals surface area contributed by atoms with E-state index in [1.54, 1.807) is 54.4 Å². The van der Waals surface area contributed by atoms with Gasteiger partial charge < -0.3 is 10.2 Å². The predicted molar refractivity (Wildman–Crippen MR) is 196 cm³/mol. The molecule has 1 aliphatic carbocycles. The first-order valence-electron chi connectivity index (χ1n) is 18.6. The molecule has 2 aliphatic heterocycles. The number of carbonyl (C=O) groups excluding carboxylic acids is 3. The second-order valence-electron chi connectivity index (χ2n) is 15.0. The van der Waals surface area contributed by atoms with Crippen molar-refractivity contribution < 1.29 is 31.9 Å². The van der Waals surface area contributed by atoms with Gasteiger partial charge in [-0.2, -0.15) is 10.2 Å². The number of aromatic nitrogens is 7. The van der Waals surface area contributed by atoms with Crippen molar-refractivity contribution in [2.75, 3.05) is 36.9 Å². The summed E-state index contributed by atoms with van der Waals surface area (Å²) in [5.41, 5.74) is 0.659. The molecule has 0 bridgehead atoms. The molecule has 15 nitrogen and oxygen atoms in total. The smallest absolute Gasteiger partial charge is 0.329 e. The highest BCUT2D eigenvalue weighted by atomic mass is 19.3. The average molecular weight is 780 g/mol. The van der Waals surface area contributed by atoms with Gasteiger partial charge in [-0.15, -0.1) is 0 Å². The number of amides is 3. The molecule has 56 heavy (non-hydrogen) atoms. The maximum atomic E-state index is 16.1. The molecule has 6 heterocycles. The highest BCUT2D eigenvalue weighted by Gasteiger charge is 2.47. The molecule has 3 aliphatic rings. The van der Waals surface area contributed by atoms with E-state index in [9.17, 15) is 28.0 Å². The number of carbonyl (C=O) groups is 3. The van der Waals surface area contributed by atoms with Gasteiger partial charge >= 0.3 is 5.69 Å². The molecule has 296 valence electrons. The number of anilines is 2. The van der Waals surface area contributed by atoms with Crippen LogP contribution < -0.4 is 21.2 Å². The average Bonchev–Trinajstić information content (AvgIpc) is 3.86. The highest BCUT2D eigenvalue weighted by Crippen LogP contribution is 2.39. The third kappa shape index (κ3) is 6.70. The van der Waals surface area contributed by atoms with E-state index in [2.05, 4.69) is 25.8 Å². The van der Waals surface area contributed by atoms with Crippen molar-refractivity contribution in [1.82, 2.24) is 43.7 Å². The van der Waals surface area contributed by atoms with Crippen LogP contribution in [0.5, 0.6) is 0 Å². The summed E-state index contributed by atoms with van der Waals surface area (Å²) in [6, 6.07) is 4.60. The minimum absolute atomic E-state index is 0.0898. The van der Waals surface area contributed by atoms with Gasteiger partial charge in [-0.25, -0.2) is 31.9 Å². The van der Waals surface area contributed by atoms with Gasteiger partial charge in [0.2, 0.25) is 11.8 Å². The van der Waals surface area contributed by atoms with E-state index in [4.69, 9.17) is 0 Å². The number of aryl methyl sites for hydroxylation is 1. The zero-order valence-corrected chi connectivity index (χ0v) is 30.7. The van der Waals surface area contributed by atoms with Gasteiger partial charge in [-0.1, -0.05) is 6.07 Å². The summed E-state index contributed by atoms with van der Waals surface area (Å²) in [6.45, 7) is 0.180. The molecule has 4 aromatic heterocycles. The zero-order valence-electron chi connectivity index (χ0n) is 30.7. The molecular weight excluding hydrogens is 738 g/mol. The number of nitrogens with one attached hydrogen (secondary N) is 2. The topological polar surface area (TPSA) is 157 Å². The van der Waals surface area contributed by atoms with Crippen molar-refractivity contribution in [2.45, 2.75) is 75.4 Å².